The molecule has 0 aliphatic heterocycles. The highest BCUT2D eigenvalue weighted by Gasteiger charge is 2.62. The van der Waals surface area contributed by atoms with Crippen molar-refractivity contribution in [1.82, 2.24) is 0 Å². The number of allylic oxidation sites excluding steroid dienone is 2. The third-order valence-electron chi connectivity index (χ3n) is 12.8. The maximum Gasteiger partial charge on any atom is 0.138 e. The van der Waals surface area contributed by atoms with E-state index in [0.29, 0.717) is 34.1 Å². The second-order valence-corrected chi connectivity index (χ2v) is 14.8. The molecular weight excluding hydrogens is 404 g/mol. The number of carbonyl (C=O) groups excluding carboxylic acids is 1. The van der Waals surface area contributed by atoms with Crippen LogP contribution in [0.15, 0.2) is 11.1 Å². The Morgan fingerprint density at radius 1 is 0.758 bits per heavy atom. The summed E-state index contributed by atoms with van der Waals surface area (Å²) in [4.78, 5) is 12.9. The molecule has 2 heteroatoms. The third kappa shape index (κ3) is 3.17. The van der Waals surface area contributed by atoms with Crippen LogP contribution in [0.25, 0.3) is 0 Å². The summed E-state index contributed by atoms with van der Waals surface area (Å²) < 4.78 is 6.01. The van der Waals surface area contributed by atoms with Gasteiger partial charge >= 0.3 is 0 Å². The lowest BCUT2D eigenvalue weighted by Gasteiger charge is -2.62. The molecular formula is C31H50O2. The standard InChI is InChI=1S/C31H50O2/c1-27(2)23-13-16-29(5)19-20-9-11-22-28(3,4)26(33-8)15-18-30(22,6)21(20)10-12-24(29)31(23,7)17-14-25(27)32/h22-24,26H,9-19H2,1-8H3/t22-,23-,24-,26-,29-,30+,31-/m0/s1. The minimum absolute atomic E-state index is 0.146. The van der Waals surface area contributed by atoms with Gasteiger partial charge in [0.2, 0.25) is 0 Å². The molecule has 0 spiro atoms. The predicted octanol–water partition coefficient (Wildman–Crippen LogP) is 8.15. The number of ketones is 1. The lowest BCUT2D eigenvalue weighted by molar-refractivity contribution is -0.159. The lowest BCUT2D eigenvalue weighted by atomic mass is 9.42. The number of hydrogen-bond donors (Lipinski definition) is 0. The van der Waals surface area contributed by atoms with Gasteiger partial charge in [-0.3, -0.25) is 4.79 Å². The molecule has 0 aromatic carbocycles. The Morgan fingerprint density at radius 2 is 1.45 bits per heavy atom. The molecule has 0 bridgehead atoms. The largest absolute Gasteiger partial charge is 0.381 e. The van der Waals surface area contributed by atoms with E-state index in [2.05, 4.69) is 48.5 Å². The summed E-state index contributed by atoms with van der Waals surface area (Å²) >= 11 is 0. The fourth-order valence-corrected chi connectivity index (χ4v) is 11.1. The molecule has 0 heterocycles. The van der Waals surface area contributed by atoms with Crippen LogP contribution in [-0.2, 0) is 9.53 Å². The van der Waals surface area contributed by atoms with Gasteiger partial charge in [-0.05, 0) is 104 Å². The van der Waals surface area contributed by atoms with Gasteiger partial charge in [-0.1, -0.05) is 59.6 Å². The van der Waals surface area contributed by atoms with Crippen molar-refractivity contribution in [1.29, 1.82) is 0 Å². The fraction of sp³-hybridized carbons (Fsp3) is 0.903. The number of hydrogen-bond acceptors (Lipinski definition) is 2. The van der Waals surface area contributed by atoms with Gasteiger partial charge in [-0.25, -0.2) is 0 Å². The zero-order valence-electron chi connectivity index (χ0n) is 22.9. The van der Waals surface area contributed by atoms with Crippen LogP contribution < -0.4 is 0 Å². The average molecular weight is 455 g/mol. The van der Waals surface area contributed by atoms with Gasteiger partial charge in [-0.2, -0.15) is 0 Å². The number of rotatable bonds is 1. The molecule has 3 fully saturated rings. The Kier molecular flexibility index (Phi) is 5.43. The van der Waals surface area contributed by atoms with Gasteiger partial charge in [0, 0.05) is 18.9 Å². The zero-order valence-corrected chi connectivity index (χ0v) is 22.9. The predicted molar refractivity (Wildman–Crippen MR) is 136 cm³/mol. The molecule has 186 valence electrons. The molecule has 0 unspecified atom stereocenters. The highest BCUT2D eigenvalue weighted by atomic mass is 16.5. The van der Waals surface area contributed by atoms with Gasteiger partial charge in [0.05, 0.1) is 6.10 Å². The van der Waals surface area contributed by atoms with Crippen molar-refractivity contribution in [2.24, 2.45) is 44.8 Å². The molecule has 3 saturated carbocycles. The Balaban J connectivity index is 1.50. The summed E-state index contributed by atoms with van der Waals surface area (Å²) in [5, 5.41) is 0. The third-order valence-corrected chi connectivity index (χ3v) is 12.8. The van der Waals surface area contributed by atoms with E-state index in [-0.39, 0.29) is 10.8 Å². The highest BCUT2D eigenvalue weighted by molar-refractivity contribution is 5.85. The summed E-state index contributed by atoms with van der Waals surface area (Å²) in [5.74, 6) is 2.54. The quantitative estimate of drug-likeness (QED) is 0.374. The molecule has 0 saturated heterocycles. The Bertz CT molecular complexity index is 864. The molecule has 0 aromatic rings. The topological polar surface area (TPSA) is 26.3 Å². The van der Waals surface area contributed by atoms with Crippen LogP contribution in [-0.4, -0.2) is 19.0 Å². The van der Waals surface area contributed by atoms with Crippen molar-refractivity contribution in [3.63, 3.8) is 0 Å². The monoisotopic (exact) mass is 454 g/mol. The van der Waals surface area contributed by atoms with Crippen molar-refractivity contribution >= 4 is 5.78 Å². The maximum absolute atomic E-state index is 12.9. The van der Waals surface area contributed by atoms with Crippen molar-refractivity contribution < 1.29 is 9.53 Å². The fourth-order valence-electron chi connectivity index (χ4n) is 11.1. The smallest absolute Gasteiger partial charge is 0.138 e. The van der Waals surface area contributed by atoms with E-state index in [1.165, 1.54) is 57.8 Å². The van der Waals surface area contributed by atoms with E-state index < -0.39 is 0 Å². The second-order valence-electron chi connectivity index (χ2n) is 14.8. The van der Waals surface area contributed by atoms with Gasteiger partial charge in [0.1, 0.15) is 5.78 Å². The number of carbonyl (C=O) groups is 1. The highest BCUT2D eigenvalue weighted by Crippen LogP contribution is 2.69. The van der Waals surface area contributed by atoms with Crippen molar-refractivity contribution in [3.8, 4) is 0 Å². The molecule has 0 amide bonds. The first kappa shape index (κ1) is 24.1. The molecule has 33 heavy (non-hydrogen) atoms. The van der Waals surface area contributed by atoms with Crippen LogP contribution in [0.2, 0.25) is 0 Å². The minimum Gasteiger partial charge on any atom is -0.381 e. The van der Waals surface area contributed by atoms with Crippen LogP contribution in [0.5, 0.6) is 0 Å². The Labute approximate surface area is 203 Å². The molecule has 5 rings (SSSR count). The number of fused-ring (bicyclic) bond motifs is 5. The van der Waals surface area contributed by atoms with Gasteiger partial charge in [0.25, 0.3) is 0 Å². The van der Waals surface area contributed by atoms with Crippen molar-refractivity contribution in [2.75, 3.05) is 7.11 Å². The summed E-state index contributed by atoms with van der Waals surface area (Å²) in [6.45, 7) is 17.4. The summed E-state index contributed by atoms with van der Waals surface area (Å²) in [7, 11) is 1.92. The Morgan fingerprint density at radius 3 is 2.15 bits per heavy atom. The molecule has 2 nitrogen and oxygen atoms in total. The van der Waals surface area contributed by atoms with Crippen LogP contribution in [0.4, 0.5) is 0 Å². The maximum atomic E-state index is 12.9. The van der Waals surface area contributed by atoms with Crippen LogP contribution in [0.3, 0.4) is 0 Å². The normalized spacial score (nSPS) is 48.8. The summed E-state index contributed by atoms with van der Waals surface area (Å²) in [5.41, 5.74) is 4.87. The first-order chi connectivity index (χ1) is 15.3. The van der Waals surface area contributed by atoms with Crippen LogP contribution in [0.1, 0.15) is 119 Å². The Hall–Kier alpha value is -0.630. The minimum atomic E-state index is -0.146. The first-order valence-electron chi connectivity index (χ1n) is 14.1. The van der Waals surface area contributed by atoms with Gasteiger partial charge < -0.3 is 4.74 Å². The number of methoxy groups -OCH3 is 1. The van der Waals surface area contributed by atoms with E-state index in [0.717, 1.165) is 24.7 Å². The molecule has 7 atom stereocenters. The average Bonchev–Trinajstić information content (AvgIpc) is 2.88. The van der Waals surface area contributed by atoms with E-state index in [4.69, 9.17) is 4.74 Å². The number of ether oxygens (including phenoxy) is 1. The molecule has 0 N–H and O–H groups in total. The SMILES string of the molecule is CO[C@H]1CC[C@]2(C)C3=C(CC[C@H]2C1(C)C)C[C@]1(C)CC[C@H]2C(C)(C)C(=O)CC[C@]2(C)[C@H]1CC3. The van der Waals surface area contributed by atoms with E-state index in [9.17, 15) is 4.79 Å². The molecule has 0 radical (unpaired) electrons. The van der Waals surface area contributed by atoms with E-state index in [1.807, 2.05) is 18.3 Å². The number of Topliss-reactive ketones (excluding diaryl/α,β-unsaturated/α-hetero) is 1. The van der Waals surface area contributed by atoms with Crippen molar-refractivity contribution in [3.05, 3.63) is 11.1 Å². The molecule has 0 aromatic heterocycles. The lowest BCUT2D eigenvalue weighted by Crippen LogP contribution is -2.57. The van der Waals surface area contributed by atoms with Gasteiger partial charge in [-0.15, -0.1) is 0 Å². The van der Waals surface area contributed by atoms with Crippen molar-refractivity contribution in [2.45, 2.75) is 125 Å². The molecule has 5 aliphatic carbocycles. The zero-order chi connectivity index (χ0) is 24.0. The second kappa shape index (κ2) is 7.44. The van der Waals surface area contributed by atoms with Crippen LogP contribution in [0, 0.1) is 44.8 Å². The van der Waals surface area contributed by atoms with Gasteiger partial charge in [0.15, 0.2) is 0 Å². The van der Waals surface area contributed by atoms with E-state index >= 15 is 0 Å². The summed E-state index contributed by atoms with van der Waals surface area (Å²) in [6.07, 6.45) is 14.0. The first-order valence-corrected chi connectivity index (χ1v) is 14.1. The van der Waals surface area contributed by atoms with Crippen LogP contribution >= 0.6 is 0 Å². The summed E-state index contributed by atoms with van der Waals surface area (Å²) in [6, 6.07) is 0. The molecule has 5 aliphatic rings. The van der Waals surface area contributed by atoms with E-state index in [1.54, 1.807) is 0 Å².